The van der Waals surface area contributed by atoms with E-state index in [0.29, 0.717) is 11.5 Å². The minimum atomic E-state index is -0.517. The Hall–Kier alpha value is -3.29. The lowest BCUT2D eigenvalue weighted by Gasteiger charge is -2.02. The van der Waals surface area contributed by atoms with Gasteiger partial charge in [-0.25, -0.2) is 4.98 Å². The fraction of sp³-hybridized carbons (Fsp3) is 0.0714. The Bertz CT molecular complexity index is 695. The Kier molecular flexibility index (Phi) is 4.76. The molecule has 8 heteroatoms. The number of aromatic nitrogens is 1. The van der Waals surface area contributed by atoms with Gasteiger partial charge in [-0.15, -0.1) is 0 Å². The molecule has 0 unspecified atom stereocenters. The number of carbonyl (C=O) groups is 1. The lowest BCUT2D eigenvalue weighted by molar-refractivity contribution is -0.385. The quantitative estimate of drug-likeness (QED) is 0.500. The van der Waals surface area contributed by atoms with Gasteiger partial charge < -0.3 is 5.32 Å². The number of hydrogen-bond acceptors (Lipinski definition) is 6. The third kappa shape index (κ3) is 4.37. The van der Waals surface area contributed by atoms with Gasteiger partial charge in [-0.3, -0.25) is 20.3 Å². The summed E-state index contributed by atoms with van der Waals surface area (Å²) in [6.07, 6.45) is 2.72. The summed E-state index contributed by atoms with van der Waals surface area (Å²) in [5.41, 5.74) is 4.12. The van der Waals surface area contributed by atoms with E-state index in [-0.39, 0.29) is 11.6 Å². The molecule has 0 aliphatic heterocycles. The van der Waals surface area contributed by atoms with Crippen molar-refractivity contribution in [2.24, 2.45) is 5.10 Å². The number of nitrogens with zero attached hydrogens (tertiary/aromatic N) is 3. The molecule has 2 N–H and O–H groups in total. The van der Waals surface area contributed by atoms with Gasteiger partial charge in [0.15, 0.2) is 0 Å². The predicted molar refractivity (Wildman–Crippen MR) is 82.9 cm³/mol. The van der Waals surface area contributed by atoms with Crippen LogP contribution >= 0.6 is 0 Å². The SMILES string of the molecule is CC(=O)Nc1ccc(/C=N/Nc2ccc([N+](=O)[O-])cn2)cc1. The molecule has 0 saturated heterocycles. The van der Waals surface area contributed by atoms with Gasteiger partial charge in [0.1, 0.15) is 12.0 Å². The molecule has 112 valence electrons. The van der Waals surface area contributed by atoms with E-state index in [9.17, 15) is 14.9 Å². The second kappa shape index (κ2) is 6.93. The van der Waals surface area contributed by atoms with Crippen LogP contribution in [0.15, 0.2) is 47.7 Å². The topological polar surface area (TPSA) is 110 Å². The molecule has 0 aliphatic rings. The number of hydrazone groups is 1. The van der Waals surface area contributed by atoms with Crippen molar-refractivity contribution < 1.29 is 9.72 Å². The summed E-state index contributed by atoms with van der Waals surface area (Å²) in [5, 5.41) is 17.1. The minimum absolute atomic E-state index is 0.0805. The van der Waals surface area contributed by atoms with Gasteiger partial charge >= 0.3 is 0 Å². The van der Waals surface area contributed by atoms with Crippen LogP contribution in [-0.4, -0.2) is 22.0 Å². The third-order valence-electron chi connectivity index (χ3n) is 2.58. The fourth-order valence-electron chi connectivity index (χ4n) is 1.59. The van der Waals surface area contributed by atoms with E-state index in [4.69, 9.17) is 0 Å². The Morgan fingerprint density at radius 3 is 2.55 bits per heavy atom. The van der Waals surface area contributed by atoms with Crippen LogP contribution in [0.2, 0.25) is 0 Å². The Morgan fingerprint density at radius 2 is 2.00 bits per heavy atom. The van der Waals surface area contributed by atoms with Gasteiger partial charge in [0.2, 0.25) is 5.91 Å². The molecule has 2 aromatic rings. The molecule has 0 bridgehead atoms. The Balaban J connectivity index is 1.94. The predicted octanol–water partition coefficient (Wildman–Crippen LogP) is 2.39. The number of amides is 1. The summed E-state index contributed by atoms with van der Waals surface area (Å²) in [4.78, 5) is 24.7. The van der Waals surface area contributed by atoms with E-state index in [1.165, 1.54) is 19.1 Å². The molecule has 8 nitrogen and oxygen atoms in total. The lowest BCUT2D eigenvalue weighted by atomic mass is 10.2. The molecule has 22 heavy (non-hydrogen) atoms. The summed E-state index contributed by atoms with van der Waals surface area (Å²) in [6, 6.07) is 9.90. The van der Waals surface area contributed by atoms with Crippen molar-refractivity contribution >= 4 is 29.3 Å². The highest BCUT2D eigenvalue weighted by Crippen LogP contribution is 2.12. The number of pyridine rings is 1. The first-order valence-corrected chi connectivity index (χ1v) is 6.32. The summed E-state index contributed by atoms with van der Waals surface area (Å²) in [7, 11) is 0. The molecule has 0 fully saturated rings. The van der Waals surface area contributed by atoms with Crippen molar-refractivity contribution in [3.63, 3.8) is 0 Å². The molecule has 0 saturated carbocycles. The number of hydrogen-bond donors (Lipinski definition) is 2. The van der Waals surface area contributed by atoms with E-state index in [0.717, 1.165) is 11.8 Å². The van der Waals surface area contributed by atoms with Gasteiger partial charge in [-0.2, -0.15) is 5.10 Å². The molecular weight excluding hydrogens is 286 g/mol. The second-order valence-electron chi connectivity index (χ2n) is 4.33. The lowest BCUT2D eigenvalue weighted by Crippen LogP contribution is -2.05. The number of benzene rings is 1. The van der Waals surface area contributed by atoms with E-state index < -0.39 is 4.92 Å². The highest BCUT2D eigenvalue weighted by atomic mass is 16.6. The molecule has 1 heterocycles. The average Bonchev–Trinajstić information content (AvgIpc) is 2.49. The molecular formula is C14H13N5O3. The van der Waals surface area contributed by atoms with Gasteiger partial charge in [0, 0.05) is 18.7 Å². The molecule has 0 radical (unpaired) electrons. The van der Waals surface area contributed by atoms with E-state index in [2.05, 4.69) is 20.8 Å². The van der Waals surface area contributed by atoms with Crippen molar-refractivity contribution in [3.05, 3.63) is 58.3 Å². The Morgan fingerprint density at radius 1 is 1.27 bits per heavy atom. The zero-order valence-electron chi connectivity index (χ0n) is 11.7. The second-order valence-corrected chi connectivity index (χ2v) is 4.33. The number of nitro groups is 1. The molecule has 0 atom stereocenters. The normalized spacial score (nSPS) is 10.4. The first-order valence-electron chi connectivity index (χ1n) is 6.32. The van der Waals surface area contributed by atoms with Crippen LogP contribution in [0.5, 0.6) is 0 Å². The number of rotatable bonds is 5. The van der Waals surface area contributed by atoms with Crippen LogP contribution < -0.4 is 10.7 Å². The van der Waals surface area contributed by atoms with Crippen molar-refractivity contribution in [3.8, 4) is 0 Å². The monoisotopic (exact) mass is 299 g/mol. The first-order chi connectivity index (χ1) is 10.5. The zero-order valence-corrected chi connectivity index (χ0v) is 11.7. The van der Waals surface area contributed by atoms with Gasteiger partial charge in [-0.05, 0) is 23.8 Å². The molecule has 0 aliphatic carbocycles. The highest BCUT2D eigenvalue weighted by Gasteiger charge is 2.04. The van der Waals surface area contributed by atoms with Crippen LogP contribution in [0.3, 0.4) is 0 Å². The molecule has 2 rings (SSSR count). The Labute approximate surface area is 126 Å². The van der Waals surface area contributed by atoms with Crippen molar-refractivity contribution in [1.29, 1.82) is 0 Å². The maximum Gasteiger partial charge on any atom is 0.287 e. The van der Waals surface area contributed by atoms with Crippen LogP contribution in [0, 0.1) is 10.1 Å². The highest BCUT2D eigenvalue weighted by molar-refractivity contribution is 5.89. The first kappa shape index (κ1) is 15.1. The summed E-state index contributed by atoms with van der Waals surface area (Å²) >= 11 is 0. The van der Waals surface area contributed by atoms with Gasteiger partial charge in [0.25, 0.3) is 5.69 Å². The third-order valence-corrected chi connectivity index (χ3v) is 2.58. The van der Waals surface area contributed by atoms with Crippen LogP contribution in [0.25, 0.3) is 0 Å². The molecule has 1 aromatic carbocycles. The van der Waals surface area contributed by atoms with E-state index >= 15 is 0 Å². The van der Waals surface area contributed by atoms with Gasteiger partial charge in [0.05, 0.1) is 11.1 Å². The zero-order chi connectivity index (χ0) is 15.9. The smallest absolute Gasteiger partial charge is 0.287 e. The van der Waals surface area contributed by atoms with E-state index in [1.807, 2.05) is 0 Å². The van der Waals surface area contributed by atoms with Crippen LogP contribution in [-0.2, 0) is 4.79 Å². The summed E-state index contributed by atoms with van der Waals surface area (Å²) in [6.45, 7) is 1.44. The fourth-order valence-corrected chi connectivity index (χ4v) is 1.59. The molecule has 1 amide bonds. The van der Waals surface area contributed by atoms with E-state index in [1.54, 1.807) is 30.5 Å². The van der Waals surface area contributed by atoms with Crippen LogP contribution in [0.1, 0.15) is 12.5 Å². The number of nitrogens with one attached hydrogen (secondary N) is 2. The molecule has 0 spiro atoms. The van der Waals surface area contributed by atoms with Crippen molar-refractivity contribution in [2.45, 2.75) is 6.92 Å². The van der Waals surface area contributed by atoms with Gasteiger partial charge in [-0.1, -0.05) is 12.1 Å². The van der Waals surface area contributed by atoms with Crippen molar-refractivity contribution in [1.82, 2.24) is 4.98 Å². The average molecular weight is 299 g/mol. The maximum atomic E-state index is 10.9. The number of carbonyl (C=O) groups excluding carboxylic acids is 1. The largest absolute Gasteiger partial charge is 0.326 e. The summed E-state index contributed by atoms with van der Waals surface area (Å²) in [5.74, 6) is 0.268. The standard InChI is InChI=1S/C14H13N5O3/c1-10(20)17-12-4-2-11(3-5-12)8-16-18-14-7-6-13(9-15-14)19(21)22/h2-9H,1H3,(H,15,18)(H,17,20)/b16-8+. The maximum absolute atomic E-state index is 10.9. The molecule has 1 aromatic heterocycles. The summed E-state index contributed by atoms with van der Waals surface area (Å²) < 4.78 is 0. The number of anilines is 2. The van der Waals surface area contributed by atoms with Crippen molar-refractivity contribution in [2.75, 3.05) is 10.7 Å². The minimum Gasteiger partial charge on any atom is -0.326 e. The van der Waals surface area contributed by atoms with Crippen LogP contribution in [0.4, 0.5) is 17.2 Å².